The number of ketones is 1. The van der Waals surface area contributed by atoms with Gasteiger partial charge in [0.25, 0.3) is 0 Å². The molecule has 2 amide bonds. The van der Waals surface area contributed by atoms with Gasteiger partial charge in [-0.3, -0.25) is 29.6 Å². The quantitative estimate of drug-likeness (QED) is 0.354. The summed E-state index contributed by atoms with van der Waals surface area (Å²) in [5, 5.41) is 13.7. The molecule has 2 N–H and O–H groups in total. The third-order valence-corrected chi connectivity index (χ3v) is 6.73. The first-order valence-corrected chi connectivity index (χ1v) is 11.4. The van der Waals surface area contributed by atoms with Gasteiger partial charge in [-0.15, -0.1) is 0 Å². The molecule has 2 aliphatic rings. The van der Waals surface area contributed by atoms with E-state index in [1.807, 2.05) is 24.3 Å². The first kappa shape index (κ1) is 22.4. The number of amides is 2. The van der Waals surface area contributed by atoms with Gasteiger partial charge in [0, 0.05) is 30.7 Å². The molecule has 2 fully saturated rings. The van der Waals surface area contributed by atoms with E-state index in [1.165, 1.54) is 5.01 Å². The van der Waals surface area contributed by atoms with Crippen LogP contribution >= 0.6 is 0 Å². The number of aromatic nitrogens is 1. The topological polar surface area (TPSA) is 103 Å². The summed E-state index contributed by atoms with van der Waals surface area (Å²) >= 11 is 0. The highest BCUT2D eigenvalue weighted by atomic mass is 16.5. The standard InChI is InChI=1S/C24H30N4O4/c29-16-27(32)15-20(12-17-4-1-2-5-17)24(31)28-22(9-11-26-28)23(30)13-18-6-3-7-19-14-25-10-8-21(18)19/h3,6-8,10,14,16-17,20,22,26,32H,1-2,4-5,9,11-13,15H2/t20-,22+/m1/s1. The zero-order valence-corrected chi connectivity index (χ0v) is 18.2. The van der Waals surface area contributed by atoms with Gasteiger partial charge in [-0.1, -0.05) is 43.9 Å². The predicted molar refractivity (Wildman–Crippen MR) is 118 cm³/mol. The lowest BCUT2D eigenvalue weighted by Crippen LogP contribution is -2.50. The largest absolute Gasteiger partial charge is 0.297 e. The monoisotopic (exact) mass is 438 g/mol. The summed E-state index contributed by atoms with van der Waals surface area (Å²) in [5.41, 5.74) is 3.99. The van der Waals surface area contributed by atoms with E-state index in [9.17, 15) is 19.6 Å². The zero-order valence-electron chi connectivity index (χ0n) is 18.2. The number of hydrogen-bond acceptors (Lipinski definition) is 6. The summed E-state index contributed by atoms with van der Waals surface area (Å²) in [6.07, 6.45) is 9.60. The Balaban J connectivity index is 1.49. The Labute approximate surface area is 187 Å². The number of hydroxylamine groups is 2. The van der Waals surface area contributed by atoms with Crippen molar-refractivity contribution in [3.05, 3.63) is 42.2 Å². The number of benzene rings is 1. The summed E-state index contributed by atoms with van der Waals surface area (Å²) in [6.45, 7) is 0.475. The van der Waals surface area contributed by atoms with Crippen LogP contribution < -0.4 is 5.43 Å². The highest BCUT2D eigenvalue weighted by Gasteiger charge is 2.38. The molecule has 2 heterocycles. The lowest BCUT2D eigenvalue weighted by Gasteiger charge is -2.30. The molecule has 1 aromatic carbocycles. The van der Waals surface area contributed by atoms with E-state index in [4.69, 9.17) is 0 Å². The van der Waals surface area contributed by atoms with Gasteiger partial charge in [0.1, 0.15) is 6.04 Å². The zero-order chi connectivity index (χ0) is 22.5. The molecule has 8 heteroatoms. The second-order valence-corrected chi connectivity index (χ2v) is 8.89. The Morgan fingerprint density at radius 3 is 2.84 bits per heavy atom. The van der Waals surface area contributed by atoms with Crippen molar-refractivity contribution in [1.82, 2.24) is 20.5 Å². The summed E-state index contributed by atoms with van der Waals surface area (Å²) in [5.74, 6) is -0.387. The molecule has 0 radical (unpaired) electrons. The lowest BCUT2D eigenvalue weighted by molar-refractivity contribution is -0.159. The van der Waals surface area contributed by atoms with E-state index < -0.39 is 12.0 Å². The van der Waals surface area contributed by atoms with Crippen molar-refractivity contribution in [3.8, 4) is 0 Å². The fourth-order valence-corrected chi connectivity index (χ4v) is 5.11. The van der Waals surface area contributed by atoms with Crippen LogP contribution in [-0.2, 0) is 20.8 Å². The van der Waals surface area contributed by atoms with Gasteiger partial charge in [-0.25, -0.2) is 10.5 Å². The number of nitrogens with zero attached hydrogens (tertiary/aromatic N) is 3. The van der Waals surface area contributed by atoms with Crippen LogP contribution in [0, 0.1) is 11.8 Å². The van der Waals surface area contributed by atoms with Crippen molar-refractivity contribution in [1.29, 1.82) is 0 Å². The summed E-state index contributed by atoms with van der Waals surface area (Å²) < 4.78 is 0. The summed E-state index contributed by atoms with van der Waals surface area (Å²) in [7, 11) is 0. The molecule has 2 aromatic rings. The minimum Gasteiger partial charge on any atom is -0.297 e. The number of hydrazine groups is 1. The highest BCUT2D eigenvalue weighted by molar-refractivity contribution is 5.95. The normalized spacial score (nSPS) is 19.9. The van der Waals surface area contributed by atoms with Crippen molar-refractivity contribution in [2.45, 2.75) is 51.0 Å². The number of Topliss-reactive ketones (excluding diaryl/α,β-unsaturated/α-hetero) is 1. The van der Waals surface area contributed by atoms with E-state index in [-0.39, 0.29) is 24.7 Å². The number of rotatable bonds is 9. The molecular formula is C24H30N4O4. The van der Waals surface area contributed by atoms with Gasteiger partial charge >= 0.3 is 0 Å². The van der Waals surface area contributed by atoms with Gasteiger partial charge in [-0.05, 0) is 35.8 Å². The number of carbonyl (C=O) groups is 3. The molecule has 0 spiro atoms. The first-order chi connectivity index (χ1) is 15.6. The minimum atomic E-state index is -0.561. The maximum Gasteiger partial charge on any atom is 0.242 e. The van der Waals surface area contributed by atoms with Crippen molar-refractivity contribution in [3.63, 3.8) is 0 Å². The Kier molecular flexibility index (Phi) is 7.12. The first-order valence-electron chi connectivity index (χ1n) is 11.4. The van der Waals surface area contributed by atoms with Crippen LogP contribution in [-0.4, -0.2) is 57.5 Å². The minimum absolute atomic E-state index is 0.0245. The van der Waals surface area contributed by atoms with Crippen molar-refractivity contribution in [2.24, 2.45) is 11.8 Å². The average Bonchev–Trinajstić information content (AvgIpc) is 3.50. The van der Waals surface area contributed by atoms with Crippen molar-refractivity contribution < 1.29 is 19.6 Å². The van der Waals surface area contributed by atoms with Crippen LogP contribution in [0.15, 0.2) is 36.7 Å². The molecule has 4 rings (SSSR count). The molecule has 0 bridgehead atoms. The van der Waals surface area contributed by atoms with Crippen molar-refractivity contribution >= 4 is 28.9 Å². The van der Waals surface area contributed by atoms with Crippen LogP contribution in [0.3, 0.4) is 0 Å². The smallest absolute Gasteiger partial charge is 0.242 e. The molecule has 1 saturated heterocycles. The Morgan fingerprint density at radius 1 is 1.25 bits per heavy atom. The number of hydrogen-bond donors (Lipinski definition) is 2. The fraction of sp³-hybridized carbons (Fsp3) is 0.500. The maximum absolute atomic E-state index is 13.4. The van der Waals surface area contributed by atoms with Crippen LogP contribution in [0.4, 0.5) is 0 Å². The van der Waals surface area contributed by atoms with Crippen LogP contribution in [0.2, 0.25) is 0 Å². The molecule has 1 aromatic heterocycles. The number of pyridine rings is 1. The van der Waals surface area contributed by atoms with Gasteiger partial charge < -0.3 is 0 Å². The van der Waals surface area contributed by atoms with Gasteiger partial charge in [-0.2, -0.15) is 0 Å². The average molecular weight is 439 g/mol. The van der Waals surface area contributed by atoms with Crippen LogP contribution in [0.5, 0.6) is 0 Å². The third kappa shape index (κ3) is 4.97. The maximum atomic E-state index is 13.4. The Bertz CT molecular complexity index is 970. The second-order valence-electron chi connectivity index (χ2n) is 8.89. The Hall–Kier alpha value is -2.84. The molecule has 1 aliphatic heterocycles. The summed E-state index contributed by atoms with van der Waals surface area (Å²) in [4.78, 5) is 41.8. The van der Waals surface area contributed by atoms with E-state index in [0.717, 1.165) is 42.0 Å². The van der Waals surface area contributed by atoms with E-state index in [0.29, 0.717) is 36.8 Å². The number of carbonyl (C=O) groups excluding carboxylic acids is 3. The van der Waals surface area contributed by atoms with Crippen molar-refractivity contribution in [2.75, 3.05) is 13.1 Å². The fourth-order valence-electron chi connectivity index (χ4n) is 5.11. The number of nitrogens with one attached hydrogen (secondary N) is 1. The molecule has 1 aliphatic carbocycles. The summed E-state index contributed by atoms with van der Waals surface area (Å²) in [6, 6.07) is 7.15. The molecule has 32 heavy (non-hydrogen) atoms. The lowest BCUT2D eigenvalue weighted by atomic mass is 9.91. The van der Waals surface area contributed by atoms with E-state index >= 15 is 0 Å². The second kappa shape index (κ2) is 10.2. The van der Waals surface area contributed by atoms with Gasteiger partial charge in [0.05, 0.1) is 12.5 Å². The molecule has 0 unspecified atom stereocenters. The van der Waals surface area contributed by atoms with E-state index in [1.54, 1.807) is 12.4 Å². The highest BCUT2D eigenvalue weighted by Crippen LogP contribution is 2.32. The SMILES string of the molecule is O=CN(O)C[C@@H](CC1CCCC1)C(=O)N1NCC[C@H]1C(=O)Cc1cccc2cnccc12. The molecular weight excluding hydrogens is 408 g/mol. The van der Waals surface area contributed by atoms with Crippen LogP contribution in [0.1, 0.15) is 44.1 Å². The number of fused-ring (bicyclic) bond motifs is 1. The van der Waals surface area contributed by atoms with Gasteiger partial charge in [0.15, 0.2) is 5.78 Å². The predicted octanol–water partition coefficient (Wildman–Crippen LogP) is 2.50. The van der Waals surface area contributed by atoms with Gasteiger partial charge in [0.2, 0.25) is 12.3 Å². The molecule has 2 atom stereocenters. The third-order valence-electron chi connectivity index (χ3n) is 6.73. The molecule has 1 saturated carbocycles. The molecule has 8 nitrogen and oxygen atoms in total. The Morgan fingerprint density at radius 2 is 2.06 bits per heavy atom. The van der Waals surface area contributed by atoms with E-state index in [2.05, 4.69) is 10.4 Å². The van der Waals surface area contributed by atoms with Crippen LogP contribution in [0.25, 0.3) is 10.8 Å². The molecule has 170 valence electrons.